The molecule has 15 heavy (non-hydrogen) atoms. The maximum atomic E-state index is 11.4. The lowest BCUT2D eigenvalue weighted by Crippen LogP contribution is -2.25. The first-order valence-electron chi connectivity index (χ1n) is 6.08. The number of amides is 1. The van der Waals surface area contributed by atoms with Crippen molar-refractivity contribution in [3.8, 4) is 0 Å². The smallest absolute Gasteiger partial charge is 0.220 e. The first-order chi connectivity index (χ1) is 7.20. The molecule has 0 fully saturated rings. The van der Waals surface area contributed by atoms with Crippen LogP contribution in [0.5, 0.6) is 0 Å². The van der Waals surface area contributed by atoms with Gasteiger partial charge in [-0.25, -0.2) is 0 Å². The molecule has 0 aromatic carbocycles. The van der Waals surface area contributed by atoms with E-state index in [1.54, 1.807) is 0 Å². The summed E-state index contributed by atoms with van der Waals surface area (Å²) in [4.78, 5) is 11.4. The Bertz CT molecular complexity index is 160. The number of aliphatic hydroxyl groups is 1. The van der Waals surface area contributed by atoms with Gasteiger partial charge in [0.25, 0.3) is 0 Å². The fourth-order valence-corrected chi connectivity index (χ4v) is 1.35. The van der Waals surface area contributed by atoms with E-state index in [-0.39, 0.29) is 12.5 Å². The predicted molar refractivity (Wildman–Crippen MR) is 62.6 cm³/mol. The van der Waals surface area contributed by atoms with E-state index in [9.17, 15) is 4.79 Å². The minimum atomic E-state index is 0.173. The van der Waals surface area contributed by atoms with Gasteiger partial charge in [-0.05, 0) is 18.8 Å². The fourth-order valence-electron chi connectivity index (χ4n) is 1.35. The lowest BCUT2D eigenvalue weighted by molar-refractivity contribution is -0.121. The Balaban J connectivity index is 3.24. The number of hydrogen-bond acceptors (Lipinski definition) is 2. The van der Waals surface area contributed by atoms with Crippen molar-refractivity contribution in [3.63, 3.8) is 0 Å². The van der Waals surface area contributed by atoms with Crippen molar-refractivity contribution < 1.29 is 9.90 Å². The first-order valence-corrected chi connectivity index (χ1v) is 6.08. The Morgan fingerprint density at radius 2 is 1.93 bits per heavy atom. The molecule has 0 aromatic rings. The van der Waals surface area contributed by atoms with Crippen LogP contribution < -0.4 is 5.32 Å². The predicted octanol–water partition coefficient (Wildman–Crippen LogP) is 2.09. The number of unbranched alkanes of at least 4 members (excludes halogenated alkanes) is 3. The Labute approximate surface area is 93.3 Å². The second-order valence-electron chi connectivity index (χ2n) is 4.21. The molecule has 1 amide bonds. The molecule has 0 saturated heterocycles. The molecule has 1 unspecified atom stereocenters. The summed E-state index contributed by atoms with van der Waals surface area (Å²) in [5, 5.41) is 11.5. The van der Waals surface area contributed by atoms with Crippen molar-refractivity contribution >= 4 is 5.91 Å². The molecule has 3 nitrogen and oxygen atoms in total. The van der Waals surface area contributed by atoms with E-state index in [2.05, 4.69) is 19.2 Å². The topological polar surface area (TPSA) is 49.3 Å². The molecular formula is C12H25NO2. The quantitative estimate of drug-likeness (QED) is 0.579. The number of nitrogens with one attached hydrogen (secondary N) is 1. The number of rotatable bonds is 9. The van der Waals surface area contributed by atoms with Gasteiger partial charge in [0, 0.05) is 19.6 Å². The van der Waals surface area contributed by atoms with Crippen molar-refractivity contribution in [2.75, 3.05) is 13.2 Å². The number of carbonyl (C=O) groups excluding carboxylic acids is 1. The van der Waals surface area contributed by atoms with Gasteiger partial charge >= 0.3 is 0 Å². The largest absolute Gasteiger partial charge is 0.396 e. The van der Waals surface area contributed by atoms with Gasteiger partial charge in [0.2, 0.25) is 5.91 Å². The maximum Gasteiger partial charge on any atom is 0.220 e. The number of hydrogen-bond donors (Lipinski definition) is 2. The van der Waals surface area contributed by atoms with Crippen molar-refractivity contribution in [3.05, 3.63) is 0 Å². The molecule has 90 valence electrons. The lowest BCUT2D eigenvalue weighted by atomic mass is 10.1. The molecule has 0 radical (unpaired) electrons. The molecule has 2 N–H and O–H groups in total. The zero-order chi connectivity index (χ0) is 11.5. The van der Waals surface area contributed by atoms with Crippen molar-refractivity contribution in [2.45, 2.75) is 52.4 Å². The summed E-state index contributed by atoms with van der Waals surface area (Å²) in [6, 6.07) is 0. The summed E-state index contributed by atoms with van der Waals surface area (Å²) < 4.78 is 0. The van der Waals surface area contributed by atoms with Gasteiger partial charge in [-0.2, -0.15) is 0 Å². The minimum absolute atomic E-state index is 0.173. The molecule has 0 aliphatic rings. The molecule has 0 aliphatic carbocycles. The van der Waals surface area contributed by atoms with E-state index in [4.69, 9.17) is 5.11 Å². The Kier molecular flexibility index (Phi) is 9.59. The van der Waals surface area contributed by atoms with Crippen LogP contribution in [0, 0.1) is 5.92 Å². The SMILES string of the molecule is CCC(C)CC(=O)NCCCCCCO. The second kappa shape index (κ2) is 9.97. The molecule has 0 aliphatic heterocycles. The van der Waals surface area contributed by atoms with E-state index in [1.165, 1.54) is 0 Å². The summed E-state index contributed by atoms with van der Waals surface area (Å²) in [5.74, 6) is 0.658. The highest BCUT2D eigenvalue weighted by Gasteiger charge is 2.05. The Morgan fingerprint density at radius 1 is 1.27 bits per heavy atom. The third kappa shape index (κ3) is 9.73. The summed E-state index contributed by atoms with van der Waals surface area (Å²) in [6.45, 7) is 5.26. The minimum Gasteiger partial charge on any atom is -0.396 e. The third-order valence-corrected chi connectivity index (χ3v) is 2.64. The van der Waals surface area contributed by atoms with Gasteiger partial charge in [0.15, 0.2) is 0 Å². The number of carbonyl (C=O) groups is 1. The van der Waals surface area contributed by atoms with E-state index in [1.807, 2.05) is 0 Å². The normalized spacial score (nSPS) is 12.5. The molecule has 1 atom stereocenters. The van der Waals surface area contributed by atoms with Crippen LogP contribution in [0.4, 0.5) is 0 Å². The molecule has 0 rings (SSSR count). The average Bonchev–Trinajstić information content (AvgIpc) is 2.23. The van der Waals surface area contributed by atoms with Gasteiger partial charge in [-0.15, -0.1) is 0 Å². The highest BCUT2D eigenvalue weighted by molar-refractivity contribution is 5.76. The lowest BCUT2D eigenvalue weighted by Gasteiger charge is -2.08. The van der Waals surface area contributed by atoms with Crippen molar-refractivity contribution in [2.24, 2.45) is 5.92 Å². The standard InChI is InChI=1S/C12H25NO2/c1-3-11(2)10-12(15)13-8-6-4-5-7-9-14/h11,14H,3-10H2,1-2H3,(H,13,15). The van der Waals surface area contributed by atoms with Crippen LogP contribution in [0.3, 0.4) is 0 Å². The zero-order valence-electron chi connectivity index (χ0n) is 10.1. The van der Waals surface area contributed by atoms with Crippen LogP contribution in [0.25, 0.3) is 0 Å². The van der Waals surface area contributed by atoms with Gasteiger partial charge in [-0.3, -0.25) is 4.79 Å². The number of aliphatic hydroxyl groups excluding tert-OH is 1. The van der Waals surface area contributed by atoms with Crippen LogP contribution in [0.15, 0.2) is 0 Å². The molecule has 0 saturated carbocycles. The van der Waals surface area contributed by atoms with E-state index in [0.717, 1.165) is 38.6 Å². The Hall–Kier alpha value is -0.570. The second-order valence-corrected chi connectivity index (χ2v) is 4.21. The molecule has 3 heteroatoms. The molecular weight excluding hydrogens is 190 g/mol. The van der Waals surface area contributed by atoms with E-state index < -0.39 is 0 Å². The first kappa shape index (κ1) is 14.4. The van der Waals surface area contributed by atoms with E-state index in [0.29, 0.717) is 12.3 Å². The third-order valence-electron chi connectivity index (χ3n) is 2.64. The highest BCUT2D eigenvalue weighted by atomic mass is 16.2. The highest BCUT2D eigenvalue weighted by Crippen LogP contribution is 2.05. The molecule has 0 spiro atoms. The fraction of sp³-hybridized carbons (Fsp3) is 0.917. The molecule has 0 heterocycles. The van der Waals surface area contributed by atoms with Crippen LogP contribution >= 0.6 is 0 Å². The van der Waals surface area contributed by atoms with Crippen LogP contribution in [-0.4, -0.2) is 24.2 Å². The zero-order valence-corrected chi connectivity index (χ0v) is 10.1. The molecule has 0 aromatic heterocycles. The van der Waals surface area contributed by atoms with Gasteiger partial charge in [0.05, 0.1) is 0 Å². The van der Waals surface area contributed by atoms with Gasteiger partial charge in [0.1, 0.15) is 0 Å². The van der Waals surface area contributed by atoms with Crippen molar-refractivity contribution in [1.29, 1.82) is 0 Å². The monoisotopic (exact) mass is 215 g/mol. The van der Waals surface area contributed by atoms with Crippen LogP contribution in [0.2, 0.25) is 0 Å². The summed E-state index contributed by atoms with van der Waals surface area (Å²) in [6.07, 6.45) is 5.74. The van der Waals surface area contributed by atoms with Crippen molar-refractivity contribution in [1.82, 2.24) is 5.32 Å². The summed E-state index contributed by atoms with van der Waals surface area (Å²) in [7, 11) is 0. The van der Waals surface area contributed by atoms with Crippen LogP contribution in [0.1, 0.15) is 52.4 Å². The average molecular weight is 215 g/mol. The van der Waals surface area contributed by atoms with Gasteiger partial charge in [-0.1, -0.05) is 33.1 Å². The molecule has 0 bridgehead atoms. The summed E-state index contributed by atoms with van der Waals surface area (Å²) in [5.41, 5.74) is 0. The maximum absolute atomic E-state index is 11.4. The van der Waals surface area contributed by atoms with Gasteiger partial charge < -0.3 is 10.4 Å². The van der Waals surface area contributed by atoms with E-state index >= 15 is 0 Å². The Morgan fingerprint density at radius 3 is 2.53 bits per heavy atom. The van der Waals surface area contributed by atoms with Crippen LogP contribution in [-0.2, 0) is 4.79 Å². The summed E-state index contributed by atoms with van der Waals surface area (Å²) >= 11 is 0.